The normalized spacial score (nSPS) is 15.9. The zero-order valence-electron chi connectivity index (χ0n) is 10.6. The molecule has 0 saturated heterocycles. The van der Waals surface area contributed by atoms with Gasteiger partial charge in [-0.3, -0.25) is 14.9 Å². The van der Waals surface area contributed by atoms with Gasteiger partial charge >= 0.3 is 0 Å². The summed E-state index contributed by atoms with van der Waals surface area (Å²) in [7, 11) is 0. The van der Waals surface area contributed by atoms with Gasteiger partial charge in [-0.05, 0) is 52.7 Å². The van der Waals surface area contributed by atoms with Crippen molar-refractivity contribution in [3.63, 3.8) is 0 Å². The maximum absolute atomic E-state index is 11.9. The molecule has 102 valence electrons. The Hall–Kier alpha value is -1.43. The summed E-state index contributed by atoms with van der Waals surface area (Å²) in [5, 5.41) is 13.6. The summed E-state index contributed by atoms with van der Waals surface area (Å²) < 4.78 is 0.375. The standard InChI is InChI=1S/C13H15BrN2O3/c1-8(9-2-3-9)7-15-13(17)10-4-5-11(14)12(6-10)16(18)19/h4-6,8-9H,2-3,7H2,1H3,(H,15,17). The second-order valence-corrected chi connectivity index (χ2v) is 5.80. The molecule has 1 N–H and O–H groups in total. The molecule has 1 aliphatic carbocycles. The Labute approximate surface area is 119 Å². The predicted octanol–water partition coefficient (Wildman–Crippen LogP) is 3.13. The first-order valence-corrected chi connectivity index (χ1v) is 7.00. The van der Waals surface area contributed by atoms with Crippen molar-refractivity contribution in [2.75, 3.05) is 6.54 Å². The van der Waals surface area contributed by atoms with Crippen LogP contribution in [0.25, 0.3) is 0 Å². The van der Waals surface area contributed by atoms with Crippen LogP contribution in [-0.2, 0) is 0 Å². The minimum Gasteiger partial charge on any atom is -0.352 e. The quantitative estimate of drug-likeness (QED) is 0.667. The first-order valence-electron chi connectivity index (χ1n) is 6.21. The van der Waals surface area contributed by atoms with E-state index in [-0.39, 0.29) is 11.6 Å². The summed E-state index contributed by atoms with van der Waals surface area (Å²) in [4.78, 5) is 22.2. The Morgan fingerprint density at radius 2 is 2.26 bits per heavy atom. The van der Waals surface area contributed by atoms with Crippen LogP contribution in [0.15, 0.2) is 22.7 Å². The number of amides is 1. The molecule has 0 bridgehead atoms. The summed E-state index contributed by atoms with van der Waals surface area (Å²) in [6, 6.07) is 4.40. The lowest BCUT2D eigenvalue weighted by atomic mass is 10.1. The average Bonchev–Trinajstić information content (AvgIpc) is 3.20. The van der Waals surface area contributed by atoms with Crippen molar-refractivity contribution >= 4 is 27.5 Å². The first kappa shape index (κ1) is 14.0. The van der Waals surface area contributed by atoms with Crippen LogP contribution in [0.4, 0.5) is 5.69 Å². The molecule has 1 aromatic carbocycles. The van der Waals surface area contributed by atoms with Crippen molar-refractivity contribution in [2.45, 2.75) is 19.8 Å². The number of nitrogens with one attached hydrogen (secondary N) is 1. The van der Waals surface area contributed by atoms with E-state index in [1.807, 2.05) is 0 Å². The fourth-order valence-electron chi connectivity index (χ4n) is 1.98. The van der Waals surface area contributed by atoms with Crippen LogP contribution in [0.5, 0.6) is 0 Å². The lowest BCUT2D eigenvalue weighted by Crippen LogP contribution is -2.29. The number of nitro groups is 1. The molecule has 1 fully saturated rings. The zero-order valence-corrected chi connectivity index (χ0v) is 12.1. The molecule has 1 aliphatic rings. The Balaban J connectivity index is 2.02. The van der Waals surface area contributed by atoms with Crippen molar-refractivity contribution in [1.29, 1.82) is 0 Å². The molecule has 0 aliphatic heterocycles. The first-order chi connectivity index (χ1) is 8.99. The number of carbonyl (C=O) groups is 1. The maximum atomic E-state index is 11.9. The van der Waals surface area contributed by atoms with Gasteiger partial charge in [-0.1, -0.05) is 6.92 Å². The van der Waals surface area contributed by atoms with E-state index in [2.05, 4.69) is 28.2 Å². The highest BCUT2D eigenvalue weighted by molar-refractivity contribution is 9.10. The molecule has 1 amide bonds. The van der Waals surface area contributed by atoms with E-state index in [9.17, 15) is 14.9 Å². The van der Waals surface area contributed by atoms with Crippen molar-refractivity contribution in [1.82, 2.24) is 5.32 Å². The SMILES string of the molecule is CC(CNC(=O)c1ccc(Br)c([N+](=O)[O-])c1)C1CC1. The van der Waals surface area contributed by atoms with Crippen molar-refractivity contribution < 1.29 is 9.72 Å². The number of benzene rings is 1. The molecule has 6 heteroatoms. The largest absolute Gasteiger partial charge is 0.352 e. The van der Waals surface area contributed by atoms with Crippen molar-refractivity contribution in [3.8, 4) is 0 Å². The third-order valence-corrected chi connectivity index (χ3v) is 4.09. The summed E-state index contributed by atoms with van der Waals surface area (Å²) >= 11 is 3.10. The third-order valence-electron chi connectivity index (χ3n) is 3.42. The summed E-state index contributed by atoms with van der Waals surface area (Å²) in [6.07, 6.45) is 2.47. The maximum Gasteiger partial charge on any atom is 0.284 e. The Morgan fingerprint density at radius 1 is 1.58 bits per heavy atom. The number of carbonyl (C=O) groups excluding carboxylic acids is 1. The van der Waals surface area contributed by atoms with Gasteiger partial charge in [0.25, 0.3) is 11.6 Å². The number of hydrogen-bond donors (Lipinski definition) is 1. The van der Waals surface area contributed by atoms with Gasteiger partial charge in [-0.2, -0.15) is 0 Å². The van der Waals surface area contributed by atoms with Gasteiger partial charge in [0, 0.05) is 18.2 Å². The van der Waals surface area contributed by atoms with Gasteiger partial charge in [0.05, 0.1) is 9.40 Å². The van der Waals surface area contributed by atoms with E-state index < -0.39 is 4.92 Å². The molecule has 1 aromatic rings. The number of nitrogens with zero attached hydrogens (tertiary/aromatic N) is 1. The average molecular weight is 327 g/mol. The Bertz CT molecular complexity index is 515. The van der Waals surface area contributed by atoms with Gasteiger partial charge in [-0.15, -0.1) is 0 Å². The Kier molecular flexibility index (Phi) is 4.19. The van der Waals surface area contributed by atoms with E-state index in [4.69, 9.17) is 0 Å². The molecular formula is C13H15BrN2O3. The van der Waals surface area contributed by atoms with E-state index in [0.29, 0.717) is 22.5 Å². The van der Waals surface area contributed by atoms with Gasteiger partial charge in [0.15, 0.2) is 0 Å². The molecule has 2 rings (SSSR count). The highest BCUT2D eigenvalue weighted by Crippen LogP contribution is 2.36. The molecule has 1 saturated carbocycles. The molecule has 0 heterocycles. The van der Waals surface area contributed by atoms with Crippen LogP contribution in [0.2, 0.25) is 0 Å². The van der Waals surface area contributed by atoms with E-state index in [0.717, 1.165) is 5.92 Å². The third kappa shape index (κ3) is 3.53. The lowest BCUT2D eigenvalue weighted by Gasteiger charge is -2.11. The van der Waals surface area contributed by atoms with Crippen molar-refractivity contribution in [2.24, 2.45) is 11.8 Å². The second-order valence-electron chi connectivity index (χ2n) is 4.95. The van der Waals surface area contributed by atoms with Crippen LogP contribution in [0.1, 0.15) is 30.1 Å². The summed E-state index contributed by atoms with van der Waals surface area (Å²) in [6.45, 7) is 2.73. The fourth-order valence-corrected chi connectivity index (χ4v) is 2.37. The van der Waals surface area contributed by atoms with Crippen molar-refractivity contribution in [3.05, 3.63) is 38.3 Å². The molecule has 5 nitrogen and oxygen atoms in total. The molecule has 1 unspecified atom stereocenters. The number of halogens is 1. The predicted molar refractivity (Wildman–Crippen MR) is 75.0 cm³/mol. The number of hydrogen-bond acceptors (Lipinski definition) is 3. The van der Waals surface area contributed by atoms with Crippen LogP contribution >= 0.6 is 15.9 Å². The molecule has 0 spiro atoms. The molecule has 0 radical (unpaired) electrons. The zero-order chi connectivity index (χ0) is 14.0. The highest BCUT2D eigenvalue weighted by Gasteiger charge is 2.28. The monoisotopic (exact) mass is 326 g/mol. The lowest BCUT2D eigenvalue weighted by molar-refractivity contribution is -0.385. The summed E-state index contributed by atoms with van der Waals surface area (Å²) in [5.74, 6) is 0.928. The van der Waals surface area contributed by atoms with Gasteiger partial charge in [-0.25, -0.2) is 0 Å². The Morgan fingerprint density at radius 3 is 2.84 bits per heavy atom. The topological polar surface area (TPSA) is 72.2 Å². The van der Waals surface area contributed by atoms with E-state index >= 15 is 0 Å². The van der Waals surface area contributed by atoms with Gasteiger partial charge < -0.3 is 5.32 Å². The molecular weight excluding hydrogens is 312 g/mol. The van der Waals surface area contributed by atoms with Gasteiger partial charge in [0.1, 0.15) is 0 Å². The highest BCUT2D eigenvalue weighted by atomic mass is 79.9. The molecule has 19 heavy (non-hydrogen) atoms. The van der Waals surface area contributed by atoms with Gasteiger partial charge in [0.2, 0.25) is 0 Å². The van der Waals surface area contributed by atoms with Crippen LogP contribution in [0, 0.1) is 22.0 Å². The van der Waals surface area contributed by atoms with Crippen LogP contribution in [-0.4, -0.2) is 17.4 Å². The number of rotatable bonds is 5. The summed E-state index contributed by atoms with van der Waals surface area (Å²) in [5.41, 5.74) is 0.223. The van der Waals surface area contributed by atoms with E-state index in [1.165, 1.54) is 25.0 Å². The van der Waals surface area contributed by atoms with Crippen LogP contribution in [0.3, 0.4) is 0 Å². The second kappa shape index (κ2) is 5.69. The molecule has 1 atom stereocenters. The number of nitro benzene ring substituents is 1. The minimum absolute atomic E-state index is 0.0945. The fraction of sp³-hybridized carbons (Fsp3) is 0.462. The van der Waals surface area contributed by atoms with E-state index in [1.54, 1.807) is 6.07 Å². The minimum atomic E-state index is -0.506. The van der Waals surface area contributed by atoms with Crippen LogP contribution < -0.4 is 5.32 Å². The molecule has 0 aromatic heterocycles. The smallest absolute Gasteiger partial charge is 0.284 e.